The van der Waals surface area contributed by atoms with Gasteiger partial charge in [-0.15, -0.1) is 0 Å². The van der Waals surface area contributed by atoms with E-state index in [1.165, 1.54) is 36.8 Å². The zero-order chi connectivity index (χ0) is 19.7. The molecule has 1 amide bonds. The maximum Gasteiger partial charge on any atom is 0.409 e. The molecule has 0 radical (unpaired) electrons. The summed E-state index contributed by atoms with van der Waals surface area (Å²) in [5, 5.41) is 0. The molecule has 1 aliphatic carbocycles. The average molecular weight is 388 g/mol. The molecule has 6 heteroatoms. The normalized spacial score (nSPS) is 28.4. The molecule has 0 bridgehead atoms. The van der Waals surface area contributed by atoms with Crippen LogP contribution in [0, 0.1) is 12.3 Å². The summed E-state index contributed by atoms with van der Waals surface area (Å²) in [6.07, 6.45) is 7.62. The Hall–Kier alpha value is -1.82. The van der Waals surface area contributed by atoms with Crippen LogP contribution in [0.1, 0.15) is 56.1 Å². The van der Waals surface area contributed by atoms with Crippen LogP contribution in [0.2, 0.25) is 0 Å². The summed E-state index contributed by atoms with van der Waals surface area (Å²) in [5.41, 5.74) is 2.94. The molecule has 1 saturated carbocycles. The largest absolute Gasteiger partial charge is 0.481 e. The molecule has 2 saturated heterocycles. The van der Waals surface area contributed by atoms with E-state index in [0.717, 1.165) is 38.5 Å². The molecule has 3 heterocycles. The summed E-state index contributed by atoms with van der Waals surface area (Å²) in [4.78, 5) is 21.0. The van der Waals surface area contributed by atoms with Crippen molar-refractivity contribution < 1.29 is 14.3 Å². The topological polar surface area (TPSA) is 54.9 Å². The van der Waals surface area contributed by atoms with Crippen molar-refractivity contribution in [1.82, 2.24) is 14.8 Å². The fraction of sp³-hybridized carbons (Fsp3) is 0.727. The molecule has 6 nitrogen and oxygen atoms in total. The van der Waals surface area contributed by atoms with E-state index >= 15 is 0 Å². The van der Waals surface area contributed by atoms with Crippen LogP contribution in [0.4, 0.5) is 4.79 Å². The first-order chi connectivity index (χ1) is 13.5. The molecule has 1 aromatic rings. The zero-order valence-corrected chi connectivity index (χ0v) is 17.4. The number of methoxy groups -OCH3 is 1. The van der Waals surface area contributed by atoms with Crippen molar-refractivity contribution >= 4 is 6.09 Å². The van der Waals surface area contributed by atoms with Crippen molar-refractivity contribution in [3.63, 3.8) is 0 Å². The zero-order valence-electron chi connectivity index (χ0n) is 17.4. The van der Waals surface area contributed by atoms with Gasteiger partial charge in [-0.25, -0.2) is 9.78 Å². The Morgan fingerprint density at radius 2 is 2.04 bits per heavy atom. The van der Waals surface area contributed by atoms with Crippen LogP contribution in [0.25, 0.3) is 0 Å². The van der Waals surface area contributed by atoms with E-state index in [0.29, 0.717) is 24.0 Å². The average Bonchev–Trinajstić information content (AvgIpc) is 3.13. The highest BCUT2D eigenvalue weighted by molar-refractivity contribution is 5.68. The molecule has 3 aliphatic rings. The minimum absolute atomic E-state index is 0.135. The van der Waals surface area contributed by atoms with Crippen molar-refractivity contribution in [2.24, 2.45) is 5.41 Å². The molecule has 1 spiro atoms. The lowest BCUT2D eigenvalue weighted by atomic mass is 9.64. The highest BCUT2D eigenvalue weighted by atomic mass is 16.6. The SMILES string of the molecule is CCOC(=O)N1CCC2(CC(N3CCC(c4c(C)ccnc4OC)CC3)C2)C1. The highest BCUT2D eigenvalue weighted by Crippen LogP contribution is 2.51. The fourth-order valence-corrected chi connectivity index (χ4v) is 5.59. The Kier molecular flexibility index (Phi) is 5.50. The summed E-state index contributed by atoms with van der Waals surface area (Å²) in [5.74, 6) is 1.34. The summed E-state index contributed by atoms with van der Waals surface area (Å²) >= 11 is 0. The van der Waals surface area contributed by atoms with Crippen LogP contribution < -0.4 is 4.74 Å². The number of hydrogen-bond donors (Lipinski definition) is 0. The van der Waals surface area contributed by atoms with Crippen molar-refractivity contribution in [3.8, 4) is 5.88 Å². The molecule has 0 atom stereocenters. The van der Waals surface area contributed by atoms with Gasteiger partial charge in [0.2, 0.25) is 5.88 Å². The first-order valence-corrected chi connectivity index (χ1v) is 10.7. The Morgan fingerprint density at radius 3 is 2.71 bits per heavy atom. The second kappa shape index (κ2) is 7.90. The molecule has 0 aromatic carbocycles. The second-order valence-corrected chi connectivity index (χ2v) is 8.79. The Bertz CT molecular complexity index is 709. The van der Waals surface area contributed by atoms with Gasteiger partial charge in [-0.2, -0.15) is 0 Å². The van der Waals surface area contributed by atoms with Gasteiger partial charge in [0.25, 0.3) is 0 Å². The standard InChI is InChI=1S/C22H33N3O3/c1-4-28-21(26)25-12-8-22(15-25)13-18(14-22)24-10-6-17(7-11-24)19-16(2)5-9-23-20(19)27-3/h5,9,17-18H,4,6-8,10-15H2,1-3H3. The summed E-state index contributed by atoms with van der Waals surface area (Å²) < 4.78 is 10.7. The van der Waals surface area contributed by atoms with Gasteiger partial charge in [-0.1, -0.05) is 0 Å². The Labute approximate surface area is 168 Å². The van der Waals surface area contributed by atoms with Crippen molar-refractivity contribution in [2.45, 2.75) is 57.9 Å². The van der Waals surface area contributed by atoms with Crippen molar-refractivity contribution in [3.05, 3.63) is 23.4 Å². The van der Waals surface area contributed by atoms with Crippen LogP contribution in [0.5, 0.6) is 5.88 Å². The summed E-state index contributed by atoms with van der Waals surface area (Å²) in [6, 6.07) is 2.77. The lowest BCUT2D eigenvalue weighted by Crippen LogP contribution is -2.54. The first-order valence-electron chi connectivity index (χ1n) is 10.7. The molecule has 2 aliphatic heterocycles. The molecule has 28 heavy (non-hydrogen) atoms. The summed E-state index contributed by atoms with van der Waals surface area (Å²) in [6.45, 7) is 8.51. The van der Waals surface area contributed by atoms with E-state index in [4.69, 9.17) is 9.47 Å². The Morgan fingerprint density at radius 1 is 1.29 bits per heavy atom. The number of pyridine rings is 1. The van der Waals surface area contributed by atoms with E-state index in [9.17, 15) is 4.79 Å². The van der Waals surface area contributed by atoms with Crippen molar-refractivity contribution in [1.29, 1.82) is 0 Å². The number of hydrogen-bond acceptors (Lipinski definition) is 5. The number of amides is 1. The monoisotopic (exact) mass is 387 g/mol. The number of aromatic nitrogens is 1. The van der Waals surface area contributed by atoms with Gasteiger partial charge in [0.05, 0.1) is 13.7 Å². The molecule has 0 N–H and O–H groups in total. The molecule has 0 unspecified atom stereocenters. The maximum absolute atomic E-state index is 12.0. The molecular weight excluding hydrogens is 354 g/mol. The van der Waals surface area contributed by atoms with Gasteiger partial charge >= 0.3 is 6.09 Å². The van der Waals surface area contributed by atoms with E-state index in [1.807, 2.05) is 18.0 Å². The maximum atomic E-state index is 12.0. The minimum Gasteiger partial charge on any atom is -0.481 e. The van der Waals surface area contributed by atoms with Gasteiger partial charge in [0, 0.05) is 30.9 Å². The van der Waals surface area contributed by atoms with Gasteiger partial charge in [-0.05, 0) is 82.0 Å². The predicted molar refractivity (Wildman–Crippen MR) is 108 cm³/mol. The molecule has 1 aromatic heterocycles. The molecular formula is C22H33N3O3. The van der Waals surface area contributed by atoms with Gasteiger partial charge in [-0.3, -0.25) is 0 Å². The minimum atomic E-state index is -0.135. The van der Waals surface area contributed by atoms with Crippen LogP contribution in [-0.2, 0) is 4.74 Å². The number of nitrogens with zero attached hydrogens (tertiary/aromatic N) is 3. The van der Waals surface area contributed by atoms with E-state index in [2.05, 4.69) is 22.9 Å². The van der Waals surface area contributed by atoms with E-state index < -0.39 is 0 Å². The number of likely N-dealkylation sites (tertiary alicyclic amines) is 2. The molecule has 3 fully saturated rings. The van der Waals surface area contributed by atoms with Crippen LogP contribution in [0.3, 0.4) is 0 Å². The van der Waals surface area contributed by atoms with Gasteiger partial charge < -0.3 is 19.3 Å². The fourth-order valence-electron chi connectivity index (χ4n) is 5.59. The number of carbonyl (C=O) groups excluding carboxylic acids is 1. The Balaban J connectivity index is 1.29. The first kappa shape index (κ1) is 19.5. The number of ether oxygens (including phenoxy) is 2. The van der Waals surface area contributed by atoms with E-state index in [-0.39, 0.29) is 6.09 Å². The lowest BCUT2D eigenvalue weighted by molar-refractivity contribution is -0.00484. The number of piperidine rings is 1. The predicted octanol–water partition coefficient (Wildman–Crippen LogP) is 3.59. The summed E-state index contributed by atoms with van der Waals surface area (Å²) in [7, 11) is 1.72. The molecule has 154 valence electrons. The number of rotatable bonds is 4. The quantitative estimate of drug-likeness (QED) is 0.790. The third-order valence-corrected chi connectivity index (χ3v) is 7.12. The van der Waals surface area contributed by atoms with E-state index in [1.54, 1.807) is 7.11 Å². The van der Waals surface area contributed by atoms with Crippen molar-refractivity contribution in [2.75, 3.05) is 39.9 Å². The second-order valence-electron chi connectivity index (χ2n) is 8.79. The van der Waals surface area contributed by atoms with Crippen LogP contribution in [0.15, 0.2) is 12.3 Å². The third kappa shape index (κ3) is 3.59. The highest BCUT2D eigenvalue weighted by Gasteiger charge is 2.51. The third-order valence-electron chi connectivity index (χ3n) is 7.12. The number of carbonyl (C=O) groups is 1. The molecule has 4 rings (SSSR count). The number of aryl methyl sites for hydroxylation is 1. The smallest absolute Gasteiger partial charge is 0.409 e. The van der Waals surface area contributed by atoms with Crippen LogP contribution in [-0.4, -0.2) is 66.8 Å². The van der Waals surface area contributed by atoms with Crippen LogP contribution >= 0.6 is 0 Å². The lowest BCUT2D eigenvalue weighted by Gasteiger charge is -2.51. The van der Waals surface area contributed by atoms with Gasteiger partial charge in [0.15, 0.2) is 0 Å². The van der Waals surface area contributed by atoms with Gasteiger partial charge in [0.1, 0.15) is 0 Å².